The first kappa shape index (κ1) is 13.0. The first-order chi connectivity index (χ1) is 8.27. The summed E-state index contributed by atoms with van der Waals surface area (Å²) < 4.78 is 0. The first-order valence-corrected chi connectivity index (χ1v) is 7.65. The van der Waals surface area contributed by atoms with Crippen LogP contribution in [-0.2, 0) is 0 Å². The molecule has 1 aliphatic heterocycles. The molecule has 0 saturated carbocycles. The molecule has 94 valence electrons. The fraction of sp³-hybridized carbons (Fsp3) is 0.600. The minimum atomic E-state index is 0.565. The van der Waals surface area contributed by atoms with Crippen molar-refractivity contribution in [1.82, 2.24) is 5.32 Å². The van der Waals surface area contributed by atoms with Crippen molar-refractivity contribution in [3.63, 3.8) is 0 Å². The van der Waals surface area contributed by atoms with Crippen molar-refractivity contribution in [2.75, 3.05) is 6.54 Å². The summed E-state index contributed by atoms with van der Waals surface area (Å²) in [7, 11) is 0. The van der Waals surface area contributed by atoms with Crippen LogP contribution in [-0.4, -0.2) is 11.8 Å². The van der Waals surface area contributed by atoms with E-state index >= 15 is 0 Å². The zero-order chi connectivity index (χ0) is 12.3. The Morgan fingerprint density at radius 3 is 2.76 bits per heavy atom. The number of hydrogen-bond donors (Lipinski definition) is 1. The SMILES string of the molecule is CCCNC1c2cccc(C)c2SC1CCC. The van der Waals surface area contributed by atoms with Gasteiger partial charge in [-0.25, -0.2) is 0 Å². The van der Waals surface area contributed by atoms with Gasteiger partial charge in [-0.15, -0.1) is 11.8 Å². The van der Waals surface area contributed by atoms with Crippen LogP contribution in [0.25, 0.3) is 0 Å². The van der Waals surface area contributed by atoms with Gasteiger partial charge >= 0.3 is 0 Å². The van der Waals surface area contributed by atoms with E-state index in [1.165, 1.54) is 35.3 Å². The highest BCUT2D eigenvalue weighted by Gasteiger charge is 2.32. The molecule has 1 nitrogen and oxygen atoms in total. The van der Waals surface area contributed by atoms with E-state index in [0.717, 1.165) is 11.8 Å². The van der Waals surface area contributed by atoms with Crippen LogP contribution in [0.5, 0.6) is 0 Å². The lowest BCUT2D eigenvalue weighted by molar-refractivity contribution is 0.498. The number of aryl methyl sites for hydroxylation is 1. The van der Waals surface area contributed by atoms with Crippen LogP contribution in [0.3, 0.4) is 0 Å². The molecule has 2 atom stereocenters. The van der Waals surface area contributed by atoms with Gasteiger partial charge in [-0.1, -0.05) is 38.5 Å². The molecular weight excluding hydrogens is 226 g/mol. The maximum absolute atomic E-state index is 3.73. The number of fused-ring (bicyclic) bond motifs is 1. The van der Waals surface area contributed by atoms with E-state index in [1.54, 1.807) is 0 Å². The molecule has 0 amide bonds. The van der Waals surface area contributed by atoms with Crippen molar-refractivity contribution >= 4 is 11.8 Å². The Balaban J connectivity index is 2.23. The Morgan fingerprint density at radius 2 is 2.06 bits per heavy atom. The molecule has 0 aliphatic carbocycles. The Hall–Kier alpha value is -0.470. The molecular formula is C15H23NS. The Labute approximate surface area is 109 Å². The highest BCUT2D eigenvalue weighted by Crippen LogP contribution is 2.47. The van der Waals surface area contributed by atoms with Gasteiger partial charge in [0.15, 0.2) is 0 Å². The van der Waals surface area contributed by atoms with Gasteiger partial charge in [0.1, 0.15) is 0 Å². The van der Waals surface area contributed by atoms with Crippen LogP contribution in [0.4, 0.5) is 0 Å². The van der Waals surface area contributed by atoms with Crippen molar-refractivity contribution in [3.05, 3.63) is 29.3 Å². The molecule has 0 spiro atoms. The van der Waals surface area contributed by atoms with E-state index in [9.17, 15) is 0 Å². The molecule has 1 heterocycles. The molecule has 2 heteroatoms. The monoisotopic (exact) mass is 249 g/mol. The van der Waals surface area contributed by atoms with Crippen LogP contribution in [0, 0.1) is 6.92 Å². The topological polar surface area (TPSA) is 12.0 Å². The van der Waals surface area contributed by atoms with Crippen molar-refractivity contribution in [2.45, 2.75) is 56.2 Å². The molecule has 17 heavy (non-hydrogen) atoms. The predicted molar refractivity (Wildman–Crippen MR) is 76.8 cm³/mol. The standard InChI is InChI=1S/C15H23NS/c1-4-7-13-14(16-10-5-2)12-9-6-8-11(3)15(12)17-13/h6,8-9,13-14,16H,4-5,7,10H2,1-3H3. The fourth-order valence-corrected chi connectivity index (χ4v) is 4.17. The quantitative estimate of drug-likeness (QED) is 0.834. The molecule has 1 aliphatic rings. The number of nitrogens with one attached hydrogen (secondary N) is 1. The molecule has 0 fully saturated rings. The van der Waals surface area contributed by atoms with Crippen LogP contribution in [0.2, 0.25) is 0 Å². The largest absolute Gasteiger partial charge is 0.309 e. The second kappa shape index (κ2) is 5.92. The van der Waals surface area contributed by atoms with E-state index in [0.29, 0.717) is 6.04 Å². The lowest BCUT2D eigenvalue weighted by atomic mass is 9.99. The van der Waals surface area contributed by atoms with Gasteiger partial charge in [-0.3, -0.25) is 0 Å². The molecule has 1 aromatic carbocycles. The summed E-state index contributed by atoms with van der Waals surface area (Å²) >= 11 is 2.08. The number of hydrogen-bond acceptors (Lipinski definition) is 2. The Morgan fingerprint density at radius 1 is 1.24 bits per heavy atom. The number of thioether (sulfide) groups is 1. The molecule has 0 aromatic heterocycles. The highest BCUT2D eigenvalue weighted by atomic mass is 32.2. The van der Waals surface area contributed by atoms with E-state index in [-0.39, 0.29) is 0 Å². The minimum Gasteiger partial charge on any atom is -0.309 e. The van der Waals surface area contributed by atoms with Gasteiger partial charge < -0.3 is 5.32 Å². The summed E-state index contributed by atoms with van der Waals surface area (Å²) in [5.74, 6) is 0. The average Bonchev–Trinajstić information content (AvgIpc) is 2.67. The van der Waals surface area contributed by atoms with Crippen LogP contribution >= 0.6 is 11.8 Å². The number of benzene rings is 1. The minimum absolute atomic E-state index is 0.565. The lowest BCUT2D eigenvalue weighted by Crippen LogP contribution is -2.27. The van der Waals surface area contributed by atoms with Gasteiger partial charge in [0.25, 0.3) is 0 Å². The molecule has 0 bridgehead atoms. The summed E-state index contributed by atoms with van der Waals surface area (Å²) in [6.45, 7) is 7.88. The van der Waals surface area contributed by atoms with Gasteiger partial charge in [0.2, 0.25) is 0 Å². The molecule has 0 radical (unpaired) electrons. The molecule has 1 aromatic rings. The third-order valence-corrected chi connectivity index (χ3v) is 5.01. The summed E-state index contributed by atoms with van der Waals surface area (Å²) in [5.41, 5.74) is 2.97. The third kappa shape index (κ3) is 2.69. The van der Waals surface area contributed by atoms with Crippen molar-refractivity contribution in [1.29, 1.82) is 0 Å². The van der Waals surface area contributed by atoms with Crippen molar-refractivity contribution < 1.29 is 0 Å². The van der Waals surface area contributed by atoms with E-state index in [2.05, 4.69) is 56.0 Å². The highest BCUT2D eigenvalue weighted by molar-refractivity contribution is 8.00. The van der Waals surface area contributed by atoms with Gasteiger partial charge in [0.05, 0.1) is 0 Å². The van der Waals surface area contributed by atoms with Gasteiger partial charge in [-0.05, 0) is 37.4 Å². The second-order valence-electron chi connectivity index (χ2n) is 4.87. The smallest absolute Gasteiger partial charge is 0.0455 e. The van der Waals surface area contributed by atoms with Gasteiger partial charge in [0, 0.05) is 16.2 Å². The second-order valence-corrected chi connectivity index (χ2v) is 6.12. The molecule has 1 N–H and O–H groups in total. The summed E-state index contributed by atoms with van der Waals surface area (Å²) in [5, 5.41) is 4.45. The molecule has 0 saturated heterocycles. The van der Waals surface area contributed by atoms with Gasteiger partial charge in [-0.2, -0.15) is 0 Å². The van der Waals surface area contributed by atoms with E-state index in [4.69, 9.17) is 0 Å². The average molecular weight is 249 g/mol. The van der Waals surface area contributed by atoms with E-state index < -0.39 is 0 Å². The summed E-state index contributed by atoms with van der Waals surface area (Å²) in [6.07, 6.45) is 3.79. The predicted octanol–water partition coefficient (Wildman–Crippen LogP) is 4.31. The Kier molecular flexibility index (Phi) is 4.52. The fourth-order valence-electron chi connectivity index (χ4n) is 2.55. The summed E-state index contributed by atoms with van der Waals surface area (Å²) in [4.78, 5) is 1.53. The zero-order valence-electron chi connectivity index (χ0n) is 11.1. The first-order valence-electron chi connectivity index (χ1n) is 6.77. The van der Waals surface area contributed by atoms with Crippen molar-refractivity contribution in [3.8, 4) is 0 Å². The van der Waals surface area contributed by atoms with Crippen molar-refractivity contribution in [2.24, 2.45) is 0 Å². The Bertz CT molecular complexity index is 375. The van der Waals surface area contributed by atoms with E-state index in [1.807, 2.05) is 0 Å². The van der Waals surface area contributed by atoms with Crippen LogP contribution in [0.1, 0.15) is 50.3 Å². The van der Waals surface area contributed by atoms with Crippen LogP contribution in [0.15, 0.2) is 23.1 Å². The maximum atomic E-state index is 3.73. The maximum Gasteiger partial charge on any atom is 0.0455 e. The normalized spacial score (nSPS) is 22.8. The number of rotatable bonds is 5. The summed E-state index contributed by atoms with van der Waals surface area (Å²) in [6, 6.07) is 7.30. The molecule has 2 unspecified atom stereocenters. The lowest BCUT2D eigenvalue weighted by Gasteiger charge is -2.20. The zero-order valence-corrected chi connectivity index (χ0v) is 11.9. The van der Waals surface area contributed by atoms with Crippen LogP contribution < -0.4 is 5.32 Å². The molecule has 2 rings (SSSR count). The third-order valence-electron chi connectivity index (χ3n) is 3.41.